The molecule has 2 heterocycles. The van der Waals surface area contributed by atoms with Crippen LogP contribution in [0.1, 0.15) is 28.2 Å². The highest BCUT2D eigenvalue weighted by atomic mass is 35.5. The Morgan fingerprint density at radius 1 is 1.07 bits per heavy atom. The zero-order valence-electron chi connectivity index (χ0n) is 16.4. The molecule has 2 aromatic carbocycles. The number of halogens is 1. The summed E-state index contributed by atoms with van der Waals surface area (Å²) in [6.45, 7) is 6.76. The van der Waals surface area contributed by atoms with Gasteiger partial charge >= 0.3 is 0 Å². The lowest BCUT2D eigenvalue weighted by molar-refractivity contribution is 0.659. The summed E-state index contributed by atoms with van der Waals surface area (Å²) < 4.78 is 2.01. The van der Waals surface area contributed by atoms with E-state index >= 15 is 0 Å². The molecule has 4 rings (SSSR count). The van der Waals surface area contributed by atoms with Gasteiger partial charge in [-0.2, -0.15) is 10.4 Å². The van der Waals surface area contributed by atoms with Crippen molar-refractivity contribution >= 4 is 22.9 Å². The molecule has 29 heavy (non-hydrogen) atoms. The lowest BCUT2D eigenvalue weighted by Crippen LogP contribution is -2.04. The van der Waals surface area contributed by atoms with Crippen LogP contribution in [0.2, 0.25) is 5.02 Å². The van der Waals surface area contributed by atoms with Gasteiger partial charge in [0.05, 0.1) is 22.8 Å². The Bertz CT molecular complexity index is 1230. The van der Waals surface area contributed by atoms with Crippen LogP contribution in [-0.4, -0.2) is 14.8 Å². The van der Waals surface area contributed by atoms with E-state index in [2.05, 4.69) is 47.6 Å². The van der Waals surface area contributed by atoms with Crippen molar-refractivity contribution in [3.05, 3.63) is 81.1 Å². The molecule has 0 saturated carbocycles. The zero-order chi connectivity index (χ0) is 20.5. The lowest BCUT2D eigenvalue weighted by atomic mass is 10.0. The van der Waals surface area contributed by atoms with E-state index in [1.54, 1.807) is 17.4 Å². The summed E-state index contributed by atoms with van der Waals surface area (Å²) in [6, 6.07) is 16.1. The third-order valence-electron chi connectivity index (χ3n) is 4.91. The van der Waals surface area contributed by atoms with Crippen molar-refractivity contribution in [1.82, 2.24) is 14.8 Å². The minimum atomic E-state index is 0.463. The molecule has 0 fully saturated rings. The average molecular weight is 419 g/mol. The van der Waals surface area contributed by atoms with E-state index in [0.717, 1.165) is 38.8 Å². The first-order valence-electron chi connectivity index (χ1n) is 9.21. The minimum absolute atomic E-state index is 0.463. The van der Waals surface area contributed by atoms with Gasteiger partial charge in [-0.1, -0.05) is 41.9 Å². The van der Waals surface area contributed by atoms with Gasteiger partial charge < -0.3 is 0 Å². The van der Waals surface area contributed by atoms with Gasteiger partial charge in [0.25, 0.3) is 0 Å². The summed E-state index contributed by atoms with van der Waals surface area (Å²) >= 11 is 7.90. The highest BCUT2D eigenvalue weighted by Gasteiger charge is 2.15. The normalized spacial score (nSPS) is 10.9. The van der Waals surface area contributed by atoms with Crippen LogP contribution < -0.4 is 0 Å². The molecule has 144 valence electrons. The molecule has 0 radical (unpaired) electrons. The molecule has 0 bridgehead atoms. The molecule has 0 spiro atoms. The summed E-state index contributed by atoms with van der Waals surface area (Å²) in [4.78, 5) is 4.55. The van der Waals surface area contributed by atoms with Crippen molar-refractivity contribution in [2.45, 2.75) is 27.3 Å². The zero-order valence-corrected chi connectivity index (χ0v) is 18.0. The van der Waals surface area contributed by atoms with Crippen LogP contribution in [0.4, 0.5) is 0 Å². The second-order valence-corrected chi connectivity index (χ2v) is 8.27. The molecule has 0 saturated heterocycles. The van der Waals surface area contributed by atoms with Gasteiger partial charge in [0.2, 0.25) is 0 Å². The summed E-state index contributed by atoms with van der Waals surface area (Å²) in [5, 5.41) is 17.4. The first kappa shape index (κ1) is 19.4. The highest BCUT2D eigenvalue weighted by Crippen LogP contribution is 2.31. The van der Waals surface area contributed by atoms with Gasteiger partial charge in [-0.3, -0.25) is 4.68 Å². The molecular weight excluding hydrogens is 400 g/mol. The van der Waals surface area contributed by atoms with Crippen molar-refractivity contribution in [3.63, 3.8) is 0 Å². The summed E-state index contributed by atoms with van der Waals surface area (Å²) in [5.74, 6) is 0. The number of aromatic nitrogens is 3. The third kappa shape index (κ3) is 3.82. The van der Waals surface area contributed by atoms with Crippen LogP contribution in [0.25, 0.3) is 21.7 Å². The number of thiazole rings is 1. The maximum atomic E-state index is 9.10. The van der Waals surface area contributed by atoms with Crippen molar-refractivity contribution in [2.24, 2.45) is 0 Å². The van der Waals surface area contributed by atoms with E-state index in [9.17, 15) is 0 Å². The van der Waals surface area contributed by atoms with Crippen LogP contribution in [0.5, 0.6) is 0 Å². The van der Waals surface area contributed by atoms with Crippen molar-refractivity contribution < 1.29 is 0 Å². The molecule has 4 nitrogen and oxygen atoms in total. The molecule has 2 aromatic heterocycles. The number of hydrogen-bond acceptors (Lipinski definition) is 4. The standard InChI is InChI=1S/C23H19ClN4S/c1-14-13-29-23(26-14)18-6-4-17(5-7-18)12-28-16(3)22(15(2)27-28)19-8-9-20(11-25)21(24)10-19/h4-10,13H,12H2,1-3H3. The Morgan fingerprint density at radius 3 is 2.41 bits per heavy atom. The first-order valence-corrected chi connectivity index (χ1v) is 10.5. The smallest absolute Gasteiger partial charge is 0.123 e. The lowest BCUT2D eigenvalue weighted by Gasteiger charge is -2.07. The summed E-state index contributed by atoms with van der Waals surface area (Å²) in [7, 11) is 0. The minimum Gasteiger partial charge on any atom is -0.265 e. The van der Waals surface area contributed by atoms with Gasteiger partial charge in [0.1, 0.15) is 11.1 Å². The van der Waals surface area contributed by atoms with Crippen LogP contribution in [0.3, 0.4) is 0 Å². The number of hydrogen-bond donors (Lipinski definition) is 0. The monoisotopic (exact) mass is 418 g/mol. The fourth-order valence-electron chi connectivity index (χ4n) is 3.44. The Labute approximate surface area is 179 Å². The highest BCUT2D eigenvalue weighted by molar-refractivity contribution is 7.13. The molecular formula is C23H19ClN4S. The van der Waals surface area contributed by atoms with Crippen LogP contribution in [0.15, 0.2) is 47.8 Å². The van der Waals surface area contributed by atoms with E-state index in [4.69, 9.17) is 22.0 Å². The Kier molecular flexibility index (Phi) is 5.23. The molecule has 0 N–H and O–H groups in total. The van der Waals surface area contributed by atoms with Gasteiger partial charge in [-0.15, -0.1) is 11.3 Å². The van der Waals surface area contributed by atoms with E-state index in [0.29, 0.717) is 17.1 Å². The second kappa shape index (κ2) is 7.82. The number of aryl methyl sites for hydroxylation is 2. The maximum Gasteiger partial charge on any atom is 0.123 e. The summed E-state index contributed by atoms with van der Waals surface area (Å²) in [5.41, 5.74) is 7.89. The Morgan fingerprint density at radius 2 is 1.79 bits per heavy atom. The molecule has 0 aliphatic carbocycles. The largest absolute Gasteiger partial charge is 0.265 e. The van der Waals surface area contributed by atoms with Crippen molar-refractivity contribution in [1.29, 1.82) is 5.26 Å². The van der Waals surface area contributed by atoms with Crippen LogP contribution in [-0.2, 0) is 6.54 Å². The molecule has 0 atom stereocenters. The van der Waals surface area contributed by atoms with E-state index in [1.807, 2.05) is 30.7 Å². The molecule has 0 unspecified atom stereocenters. The number of nitrogens with zero attached hydrogens (tertiary/aromatic N) is 4. The predicted octanol–water partition coefficient (Wildman–Crippen LogP) is 6.17. The fraction of sp³-hybridized carbons (Fsp3) is 0.174. The van der Waals surface area contributed by atoms with Gasteiger partial charge in [0, 0.05) is 27.9 Å². The van der Waals surface area contributed by atoms with Crippen molar-refractivity contribution in [3.8, 4) is 27.8 Å². The molecule has 4 aromatic rings. The van der Waals surface area contributed by atoms with Gasteiger partial charge in [-0.25, -0.2) is 4.98 Å². The van der Waals surface area contributed by atoms with Gasteiger partial charge in [0.15, 0.2) is 0 Å². The van der Waals surface area contributed by atoms with Crippen LogP contribution in [0, 0.1) is 32.1 Å². The first-order chi connectivity index (χ1) is 14.0. The average Bonchev–Trinajstić information content (AvgIpc) is 3.25. The molecule has 6 heteroatoms. The third-order valence-corrected chi connectivity index (χ3v) is 6.23. The Balaban J connectivity index is 1.61. The second-order valence-electron chi connectivity index (χ2n) is 7.00. The molecule has 0 amide bonds. The molecule has 0 aliphatic heterocycles. The SMILES string of the molecule is Cc1csc(-c2ccc(Cn3nc(C)c(-c4ccc(C#N)c(Cl)c4)c3C)cc2)n1. The van der Waals surface area contributed by atoms with Gasteiger partial charge in [-0.05, 0) is 44.0 Å². The predicted molar refractivity (Wildman–Crippen MR) is 118 cm³/mol. The Hall–Kier alpha value is -2.94. The quantitative estimate of drug-likeness (QED) is 0.398. The number of nitriles is 1. The summed E-state index contributed by atoms with van der Waals surface area (Å²) in [6.07, 6.45) is 0. The number of benzene rings is 2. The van der Waals surface area contributed by atoms with Crippen molar-refractivity contribution in [2.75, 3.05) is 0 Å². The van der Waals surface area contributed by atoms with Crippen LogP contribution >= 0.6 is 22.9 Å². The topological polar surface area (TPSA) is 54.5 Å². The van der Waals surface area contributed by atoms with E-state index in [-0.39, 0.29) is 0 Å². The fourth-order valence-corrected chi connectivity index (χ4v) is 4.47. The number of rotatable bonds is 4. The van der Waals surface area contributed by atoms with E-state index in [1.165, 1.54) is 5.56 Å². The van der Waals surface area contributed by atoms with E-state index < -0.39 is 0 Å². The maximum absolute atomic E-state index is 9.10. The molecule has 0 aliphatic rings.